The van der Waals surface area contributed by atoms with Crippen LogP contribution in [0.2, 0.25) is 0 Å². The van der Waals surface area contributed by atoms with Crippen molar-refractivity contribution >= 4 is 0 Å². The first-order valence-electron chi connectivity index (χ1n) is 7.33. The summed E-state index contributed by atoms with van der Waals surface area (Å²) >= 11 is 0. The standard InChI is InChI=1S/C16H27FN2/c1-4-6-7-13(5-2)16(19-18)11-14-8-9-15(17)10-12(14)3/h8-10,13,16,19H,4-7,11,18H2,1-3H3. The highest BCUT2D eigenvalue weighted by molar-refractivity contribution is 5.27. The fourth-order valence-corrected chi connectivity index (χ4v) is 2.64. The Labute approximate surface area is 116 Å². The second-order valence-electron chi connectivity index (χ2n) is 5.36. The van der Waals surface area contributed by atoms with Crippen molar-refractivity contribution in [1.82, 2.24) is 5.43 Å². The molecule has 0 aliphatic rings. The third-order valence-electron chi connectivity index (χ3n) is 3.98. The molecule has 2 atom stereocenters. The van der Waals surface area contributed by atoms with Crippen molar-refractivity contribution in [3.05, 3.63) is 35.1 Å². The Morgan fingerprint density at radius 2 is 2.05 bits per heavy atom. The van der Waals surface area contributed by atoms with E-state index in [4.69, 9.17) is 5.84 Å². The van der Waals surface area contributed by atoms with Crippen LogP contribution in [0.4, 0.5) is 4.39 Å². The normalized spacial score (nSPS) is 14.4. The molecule has 0 amide bonds. The van der Waals surface area contributed by atoms with E-state index in [1.54, 1.807) is 6.07 Å². The van der Waals surface area contributed by atoms with E-state index < -0.39 is 0 Å². The molecule has 0 bridgehead atoms. The van der Waals surface area contributed by atoms with E-state index in [1.807, 2.05) is 13.0 Å². The molecule has 0 saturated carbocycles. The van der Waals surface area contributed by atoms with Crippen LogP contribution >= 0.6 is 0 Å². The summed E-state index contributed by atoms with van der Waals surface area (Å²) in [6.45, 7) is 6.38. The maximum absolute atomic E-state index is 13.1. The van der Waals surface area contributed by atoms with Crippen molar-refractivity contribution in [2.45, 2.75) is 58.9 Å². The molecule has 1 aromatic carbocycles. The van der Waals surface area contributed by atoms with Crippen molar-refractivity contribution < 1.29 is 4.39 Å². The Kier molecular flexibility index (Phi) is 7.03. The summed E-state index contributed by atoms with van der Waals surface area (Å²) < 4.78 is 13.1. The van der Waals surface area contributed by atoms with Crippen LogP contribution in [0.5, 0.6) is 0 Å². The SMILES string of the molecule is CCCCC(CC)C(Cc1ccc(F)cc1C)NN. The molecule has 0 saturated heterocycles. The molecule has 108 valence electrons. The van der Waals surface area contributed by atoms with E-state index >= 15 is 0 Å². The second-order valence-corrected chi connectivity index (χ2v) is 5.36. The highest BCUT2D eigenvalue weighted by Gasteiger charge is 2.19. The van der Waals surface area contributed by atoms with Gasteiger partial charge < -0.3 is 0 Å². The van der Waals surface area contributed by atoms with E-state index in [9.17, 15) is 4.39 Å². The molecule has 1 rings (SSSR count). The number of benzene rings is 1. The molecule has 0 radical (unpaired) electrons. The van der Waals surface area contributed by atoms with Crippen LogP contribution in [0.3, 0.4) is 0 Å². The molecule has 3 heteroatoms. The van der Waals surface area contributed by atoms with Gasteiger partial charge in [-0.25, -0.2) is 4.39 Å². The van der Waals surface area contributed by atoms with Gasteiger partial charge in [0.15, 0.2) is 0 Å². The maximum atomic E-state index is 13.1. The van der Waals surface area contributed by atoms with E-state index in [0.717, 1.165) is 18.4 Å². The lowest BCUT2D eigenvalue weighted by Crippen LogP contribution is -2.42. The first-order chi connectivity index (χ1) is 9.12. The Balaban J connectivity index is 2.73. The molecular formula is C16H27FN2. The van der Waals surface area contributed by atoms with Crippen molar-refractivity contribution in [3.63, 3.8) is 0 Å². The average Bonchev–Trinajstić information content (AvgIpc) is 2.40. The van der Waals surface area contributed by atoms with Crippen molar-refractivity contribution in [3.8, 4) is 0 Å². The minimum atomic E-state index is -0.170. The van der Waals surface area contributed by atoms with E-state index in [1.165, 1.54) is 30.9 Å². The first-order valence-corrected chi connectivity index (χ1v) is 7.33. The van der Waals surface area contributed by atoms with Gasteiger partial charge in [0.25, 0.3) is 0 Å². The maximum Gasteiger partial charge on any atom is 0.123 e. The summed E-state index contributed by atoms with van der Waals surface area (Å²) in [7, 11) is 0. The highest BCUT2D eigenvalue weighted by atomic mass is 19.1. The zero-order chi connectivity index (χ0) is 14.3. The minimum Gasteiger partial charge on any atom is -0.271 e. The number of unbranched alkanes of at least 4 members (excludes halogenated alkanes) is 1. The van der Waals surface area contributed by atoms with Gasteiger partial charge in [-0.1, -0.05) is 39.2 Å². The molecule has 0 fully saturated rings. The summed E-state index contributed by atoms with van der Waals surface area (Å²) in [5.74, 6) is 6.13. The molecule has 2 nitrogen and oxygen atoms in total. The van der Waals surface area contributed by atoms with Crippen LogP contribution in [0.15, 0.2) is 18.2 Å². The summed E-state index contributed by atoms with van der Waals surface area (Å²) in [4.78, 5) is 0. The second kappa shape index (κ2) is 8.28. The van der Waals surface area contributed by atoms with Gasteiger partial charge in [-0.05, 0) is 48.9 Å². The van der Waals surface area contributed by atoms with Crippen LogP contribution in [-0.4, -0.2) is 6.04 Å². The number of nitrogens with one attached hydrogen (secondary N) is 1. The fourth-order valence-electron chi connectivity index (χ4n) is 2.64. The highest BCUT2D eigenvalue weighted by Crippen LogP contribution is 2.21. The molecular weight excluding hydrogens is 239 g/mol. The largest absolute Gasteiger partial charge is 0.271 e. The third kappa shape index (κ3) is 4.92. The number of aryl methyl sites for hydroxylation is 1. The van der Waals surface area contributed by atoms with E-state index in [0.29, 0.717) is 5.92 Å². The summed E-state index contributed by atoms with van der Waals surface area (Å²) in [5, 5.41) is 0. The summed E-state index contributed by atoms with van der Waals surface area (Å²) in [6, 6.07) is 5.26. The van der Waals surface area contributed by atoms with Gasteiger partial charge in [0.2, 0.25) is 0 Å². The smallest absolute Gasteiger partial charge is 0.123 e. The van der Waals surface area contributed by atoms with Crippen LogP contribution in [-0.2, 0) is 6.42 Å². The molecule has 0 aliphatic carbocycles. The van der Waals surface area contributed by atoms with Gasteiger partial charge >= 0.3 is 0 Å². The van der Waals surface area contributed by atoms with Gasteiger partial charge in [-0.3, -0.25) is 11.3 Å². The van der Waals surface area contributed by atoms with Gasteiger partial charge in [0.05, 0.1) is 0 Å². The lowest BCUT2D eigenvalue weighted by molar-refractivity contribution is 0.318. The number of hydrogen-bond donors (Lipinski definition) is 2. The molecule has 19 heavy (non-hydrogen) atoms. The Morgan fingerprint density at radius 3 is 2.58 bits per heavy atom. The van der Waals surface area contributed by atoms with E-state index in [-0.39, 0.29) is 11.9 Å². The number of halogens is 1. The summed E-state index contributed by atoms with van der Waals surface area (Å²) in [6.07, 6.45) is 5.63. The van der Waals surface area contributed by atoms with Crippen molar-refractivity contribution in [2.75, 3.05) is 0 Å². The van der Waals surface area contributed by atoms with Crippen LogP contribution < -0.4 is 11.3 Å². The third-order valence-corrected chi connectivity index (χ3v) is 3.98. The quantitative estimate of drug-likeness (QED) is 0.556. The van der Waals surface area contributed by atoms with Crippen LogP contribution in [0.1, 0.15) is 50.7 Å². The molecule has 0 heterocycles. The molecule has 2 unspecified atom stereocenters. The minimum absolute atomic E-state index is 0.170. The van der Waals surface area contributed by atoms with E-state index in [2.05, 4.69) is 19.3 Å². The van der Waals surface area contributed by atoms with Gasteiger partial charge in [0.1, 0.15) is 5.82 Å². The Hall–Kier alpha value is -0.930. The average molecular weight is 266 g/mol. The number of rotatable bonds is 8. The summed E-state index contributed by atoms with van der Waals surface area (Å²) in [5.41, 5.74) is 5.14. The zero-order valence-electron chi connectivity index (χ0n) is 12.4. The Bertz CT molecular complexity index is 379. The van der Waals surface area contributed by atoms with Gasteiger partial charge in [0, 0.05) is 6.04 Å². The van der Waals surface area contributed by atoms with Gasteiger partial charge in [-0.2, -0.15) is 0 Å². The molecule has 3 N–H and O–H groups in total. The zero-order valence-corrected chi connectivity index (χ0v) is 12.4. The number of hydrogen-bond acceptors (Lipinski definition) is 2. The Morgan fingerprint density at radius 1 is 1.32 bits per heavy atom. The van der Waals surface area contributed by atoms with Crippen LogP contribution in [0, 0.1) is 18.7 Å². The first kappa shape index (κ1) is 16.1. The number of nitrogens with two attached hydrogens (primary N) is 1. The predicted octanol–water partition coefficient (Wildman–Crippen LogP) is 3.72. The topological polar surface area (TPSA) is 38.0 Å². The number of hydrazine groups is 1. The van der Waals surface area contributed by atoms with Crippen molar-refractivity contribution in [2.24, 2.45) is 11.8 Å². The molecule has 0 aromatic heterocycles. The molecule has 1 aromatic rings. The fraction of sp³-hybridized carbons (Fsp3) is 0.625. The van der Waals surface area contributed by atoms with Crippen LogP contribution in [0.25, 0.3) is 0 Å². The molecule has 0 aliphatic heterocycles. The predicted molar refractivity (Wildman–Crippen MR) is 79.3 cm³/mol. The lowest BCUT2D eigenvalue weighted by Gasteiger charge is -2.26. The monoisotopic (exact) mass is 266 g/mol. The lowest BCUT2D eigenvalue weighted by atomic mass is 9.87. The van der Waals surface area contributed by atoms with Gasteiger partial charge in [-0.15, -0.1) is 0 Å². The van der Waals surface area contributed by atoms with Crippen molar-refractivity contribution in [1.29, 1.82) is 0 Å². The molecule has 0 spiro atoms.